The summed E-state index contributed by atoms with van der Waals surface area (Å²) in [6, 6.07) is 10.4. The Morgan fingerprint density at radius 1 is 1.02 bits per heavy atom. The third-order valence-electron chi connectivity index (χ3n) is 11.1. The number of anilines is 4. The van der Waals surface area contributed by atoms with Crippen LogP contribution in [0, 0.1) is 19.7 Å². The number of nitrogens with zero attached hydrogens (tertiary/aromatic N) is 7. The van der Waals surface area contributed by atoms with Crippen LogP contribution in [-0.2, 0) is 22.7 Å². The highest BCUT2D eigenvalue weighted by atomic mass is 35.5. The van der Waals surface area contributed by atoms with Crippen LogP contribution in [-0.4, -0.2) is 105 Å². The second-order valence-electron chi connectivity index (χ2n) is 14.7. The van der Waals surface area contributed by atoms with Crippen molar-refractivity contribution in [3.8, 4) is 0 Å². The predicted octanol–water partition coefficient (Wildman–Crippen LogP) is 4.89. The Kier molecular flexibility index (Phi) is 10.7. The van der Waals surface area contributed by atoms with Gasteiger partial charge in [0.2, 0.25) is 11.8 Å². The van der Waals surface area contributed by atoms with Crippen LogP contribution in [0.4, 0.5) is 26.8 Å². The number of thiazole rings is 1. The van der Waals surface area contributed by atoms with E-state index in [1.54, 1.807) is 18.2 Å². The van der Waals surface area contributed by atoms with Gasteiger partial charge < -0.3 is 20.4 Å². The monoisotopic (exact) mass is 800 g/mol. The molecule has 4 amide bonds. The second-order valence-corrected chi connectivity index (χ2v) is 16.1. The molecule has 1 atom stereocenters. The first-order valence-electron chi connectivity index (χ1n) is 18.8. The molecule has 4 aliphatic rings. The van der Waals surface area contributed by atoms with Crippen LogP contribution < -0.4 is 20.9 Å². The van der Waals surface area contributed by atoms with Gasteiger partial charge in [0, 0.05) is 81.0 Å². The number of piperidine rings is 2. The molecule has 56 heavy (non-hydrogen) atoms. The van der Waals surface area contributed by atoms with E-state index in [9.17, 15) is 19.2 Å². The smallest absolute Gasteiger partial charge is 0.267 e. The second kappa shape index (κ2) is 15.8. The number of hydrogen-bond donors (Lipinski definition) is 3. The largest absolute Gasteiger partial charge is 0.356 e. The predicted molar refractivity (Wildman–Crippen MR) is 211 cm³/mol. The number of hydrogen-bond acceptors (Lipinski definition) is 12. The maximum atomic E-state index is 15.8. The van der Waals surface area contributed by atoms with Gasteiger partial charge in [-0.05, 0) is 50.8 Å². The van der Waals surface area contributed by atoms with Gasteiger partial charge in [0.05, 0.1) is 23.5 Å². The van der Waals surface area contributed by atoms with Gasteiger partial charge >= 0.3 is 0 Å². The number of nitrogens with one attached hydrogen (secondary N) is 3. The van der Waals surface area contributed by atoms with Crippen molar-refractivity contribution in [3.63, 3.8) is 0 Å². The minimum Gasteiger partial charge on any atom is -0.356 e. The Labute approximate surface area is 332 Å². The van der Waals surface area contributed by atoms with E-state index in [2.05, 4.69) is 40.6 Å². The van der Waals surface area contributed by atoms with E-state index in [1.807, 2.05) is 32.0 Å². The van der Waals surface area contributed by atoms with Crippen LogP contribution >= 0.6 is 22.9 Å². The lowest BCUT2D eigenvalue weighted by Crippen LogP contribution is -2.53. The number of fused-ring (bicyclic) bond motifs is 1. The fraction of sp³-hybridized carbons (Fsp3) is 0.410. The molecule has 6 heterocycles. The van der Waals surface area contributed by atoms with E-state index in [0.29, 0.717) is 56.1 Å². The van der Waals surface area contributed by atoms with Crippen LogP contribution in [0.5, 0.6) is 0 Å². The zero-order chi connectivity index (χ0) is 39.1. The van der Waals surface area contributed by atoms with Crippen molar-refractivity contribution in [3.05, 3.63) is 86.4 Å². The quantitative estimate of drug-likeness (QED) is 0.198. The summed E-state index contributed by atoms with van der Waals surface area (Å²) in [6.45, 7) is 9.27. The highest BCUT2D eigenvalue weighted by molar-refractivity contribution is 7.17. The number of amides is 4. The third kappa shape index (κ3) is 7.83. The SMILES string of the molecule is Cc1nc(Nc2ncc(C(=O)Nc3c(C)cccc3Cl)s2)cc(N2CCC(N3CCN(Cc4ccc5c(c4F)CN(C4CCC(=O)NC4=O)C5=O)CC3)CC2)n1. The number of rotatable bonds is 9. The Hall–Kier alpha value is -5.03. The normalized spacial score (nSPS) is 19.6. The molecule has 0 bridgehead atoms. The van der Waals surface area contributed by atoms with Gasteiger partial charge in [0.25, 0.3) is 11.8 Å². The summed E-state index contributed by atoms with van der Waals surface area (Å²) in [7, 11) is 0. The summed E-state index contributed by atoms with van der Waals surface area (Å²) in [4.78, 5) is 72.6. The Morgan fingerprint density at radius 3 is 2.55 bits per heavy atom. The number of carbonyl (C=O) groups is 4. The van der Waals surface area contributed by atoms with Crippen molar-refractivity contribution in [2.45, 2.75) is 64.7 Å². The summed E-state index contributed by atoms with van der Waals surface area (Å²) in [5.74, 6) is 0.168. The van der Waals surface area contributed by atoms with Crippen molar-refractivity contribution < 1.29 is 23.6 Å². The zero-order valence-electron chi connectivity index (χ0n) is 31.1. The highest BCUT2D eigenvalue weighted by Gasteiger charge is 2.40. The number of carbonyl (C=O) groups excluding carboxylic acids is 4. The maximum absolute atomic E-state index is 15.8. The van der Waals surface area contributed by atoms with E-state index >= 15 is 4.39 Å². The van der Waals surface area contributed by atoms with Crippen molar-refractivity contribution in [2.75, 3.05) is 54.8 Å². The van der Waals surface area contributed by atoms with Crippen molar-refractivity contribution in [1.82, 2.24) is 35.0 Å². The van der Waals surface area contributed by atoms with Crippen LogP contribution in [0.25, 0.3) is 0 Å². The molecule has 2 aromatic carbocycles. The molecule has 14 nitrogen and oxygen atoms in total. The van der Waals surface area contributed by atoms with Crippen molar-refractivity contribution >= 4 is 69.0 Å². The molecule has 0 radical (unpaired) electrons. The number of piperazine rings is 1. The summed E-state index contributed by atoms with van der Waals surface area (Å²) in [5, 5.41) is 9.44. The van der Waals surface area contributed by atoms with E-state index in [0.717, 1.165) is 63.5 Å². The zero-order valence-corrected chi connectivity index (χ0v) is 32.7. The summed E-state index contributed by atoms with van der Waals surface area (Å²) < 4.78 is 15.8. The molecule has 3 saturated heterocycles. The fourth-order valence-corrected chi connectivity index (χ4v) is 9.04. The molecule has 4 aromatic rings. The topological polar surface area (TPSA) is 156 Å². The van der Waals surface area contributed by atoms with E-state index in [-0.39, 0.29) is 48.5 Å². The number of para-hydroxylation sites is 1. The average molecular weight is 801 g/mol. The lowest BCUT2D eigenvalue weighted by atomic mass is 10.0. The molecule has 1 unspecified atom stereocenters. The number of aryl methyl sites for hydroxylation is 2. The van der Waals surface area contributed by atoms with Gasteiger partial charge in [-0.25, -0.2) is 19.3 Å². The summed E-state index contributed by atoms with van der Waals surface area (Å²) in [5.41, 5.74) is 2.61. The number of imide groups is 1. The lowest BCUT2D eigenvalue weighted by molar-refractivity contribution is -0.136. The van der Waals surface area contributed by atoms with Gasteiger partial charge in [0.1, 0.15) is 34.2 Å². The molecule has 17 heteroatoms. The fourth-order valence-electron chi connectivity index (χ4n) is 8.05. The average Bonchev–Trinajstić information content (AvgIpc) is 3.79. The third-order valence-corrected chi connectivity index (χ3v) is 12.3. The van der Waals surface area contributed by atoms with Crippen LogP contribution in [0.3, 0.4) is 0 Å². The van der Waals surface area contributed by atoms with E-state index in [4.69, 9.17) is 16.6 Å². The van der Waals surface area contributed by atoms with Gasteiger partial charge in [-0.2, -0.15) is 0 Å². The van der Waals surface area contributed by atoms with Crippen LogP contribution in [0.2, 0.25) is 5.02 Å². The Bertz CT molecular complexity index is 2180. The number of benzene rings is 2. The van der Waals surface area contributed by atoms with Gasteiger partial charge in [-0.1, -0.05) is 41.1 Å². The summed E-state index contributed by atoms with van der Waals surface area (Å²) in [6.07, 6.45) is 3.90. The minimum atomic E-state index is -0.772. The molecule has 8 rings (SSSR count). The molecule has 3 fully saturated rings. The van der Waals surface area contributed by atoms with E-state index < -0.39 is 11.9 Å². The summed E-state index contributed by atoms with van der Waals surface area (Å²) >= 11 is 7.52. The Balaban J connectivity index is 0.821. The van der Waals surface area contributed by atoms with Gasteiger partial charge in [0.15, 0.2) is 5.13 Å². The first-order valence-corrected chi connectivity index (χ1v) is 20.0. The number of halogens is 2. The standard InChI is InChI=1S/C39H42ClFN10O4S/c1-22-4-3-5-28(40)35(22)47-37(54)30-19-42-39(56-30)45-31-18-32(44-23(2)43-31)50-12-10-25(11-13-50)49-16-14-48(15-17-49)20-24-6-7-26-27(34(24)41)21-51(38(26)55)29-8-9-33(52)46-36(29)53/h3-7,18-19,25,29H,8-17,20-21H2,1-2H3,(H,47,54)(H,46,52,53)(H,42,43,44,45). The first kappa shape index (κ1) is 37.9. The molecule has 292 valence electrons. The van der Waals surface area contributed by atoms with Gasteiger partial charge in [-0.15, -0.1) is 0 Å². The Morgan fingerprint density at radius 2 is 1.80 bits per heavy atom. The first-order chi connectivity index (χ1) is 27.0. The van der Waals surface area contributed by atoms with Gasteiger partial charge in [-0.3, -0.25) is 34.3 Å². The molecule has 0 saturated carbocycles. The van der Waals surface area contributed by atoms with E-state index in [1.165, 1.54) is 22.4 Å². The van der Waals surface area contributed by atoms with Crippen molar-refractivity contribution in [2.24, 2.45) is 0 Å². The molecule has 0 spiro atoms. The number of aromatic nitrogens is 3. The minimum absolute atomic E-state index is 0.0253. The van der Waals surface area contributed by atoms with Crippen LogP contribution in [0.1, 0.15) is 68.2 Å². The molecular formula is C39H42ClFN10O4S. The molecular weight excluding hydrogens is 759 g/mol. The van der Waals surface area contributed by atoms with Crippen molar-refractivity contribution in [1.29, 1.82) is 0 Å². The molecule has 3 N–H and O–H groups in total. The van der Waals surface area contributed by atoms with Crippen LogP contribution in [0.15, 0.2) is 42.6 Å². The lowest BCUT2D eigenvalue weighted by Gasteiger charge is -2.43. The maximum Gasteiger partial charge on any atom is 0.267 e. The molecule has 0 aliphatic carbocycles. The highest BCUT2D eigenvalue weighted by Crippen LogP contribution is 2.33. The molecule has 4 aliphatic heterocycles. The molecule has 2 aromatic heterocycles.